The molecule has 0 bridgehead atoms. The number of carbonyl (C=O) groups excluding carboxylic acids is 1. The maximum absolute atomic E-state index is 12.3. The zero-order chi connectivity index (χ0) is 14.0. The molecule has 0 spiro atoms. The van der Waals surface area contributed by atoms with E-state index in [0.717, 1.165) is 8.95 Å². The van der Waals surface area contributed by atoms with Crippen molar-refractivity contribution in [1.29, 1.82) is 0 Å². The van der Waals surface area contributed by atoms with Crippen molar-refractivity contribution in [3.63, 3.8) is 0 Å². The minimum Gasteiger partial charge on any atom is -0.340 e. The molecule has 0 aliphatic heterocycles. The summed E-state index contributed by atoms with van der Waals surface area (Å²) in [4.78, 5) is 16.4. The van der Waals surface area contributed by atoms with Crippen LogP contribution in [0.3, 0.4) is 0 Å². The van der Waals surface area contributed by atoms with Crippen molar-refractivity contribution in [2.45, 2.75) is 19.9 Å². The summed E-state index contributed by atoms with van der Waals surface area (Å²) in [6.07, 6.45) is 3.53. The van der Waals surface area contributed by atoms with E-state index in [1.165, 1.54) is 0 Å². The van der Waals surface area contributed by atoms with E-state index in [-0.39, 0.29) is 11.9 Å². The molecule has 0 aliphatic rings. The van der Waals surface area contributed by atoms with E-state index in [4.69, 9.17) is 0 Å². The number of nitrogens with one attached hydrogen (secondary N) is 1. The Morgan fingerprint density at radius 1 is 1.32 bits per heavy atom. The Balaban J connectivity index is 2.25. The lowest BCUT2D eigenvalue weighted by molar-refractivity contribution is 0.101. The third-order valence-electron chi connectivity index (χ3n) is 2.57. The molecule has 0 radical (unpaired) electrons. The first kappa shape index (κ1) is 14.3. The van der Waals surface area contributed by atoms with Gasteiger partial charge in [0.1, 0.15) is 11.5 Å². The maximum Gasteiger partial charge on any atom is 0.273 e. The summed E-state index contributed by atoms with van der Waals surface area (Å²) in [6.45, 7) is 4.06. The predicted molar refractivity (Wildman–Crippen MR) is 82.4 cm³/mol. The van der Waals surface area contributed by atoms with Crippen LogP contribution in [0.5, 0.6) is 0 Å². The first-order chi connectivity index (χ1) is 8.97. The van der Waals surface area contributed by atoms with Gasteiger partial charge in [0.2, 0.25) is 0 Å². The third-order valence-corrected chi connectivity index (χ3v) is 3.49. The maximum atomic E-state index is 12.3. The second-order valence-corrected chi connectivity index (χ2v) is 6.19. The lowest BCUT2D eigenvalue weighted by Gasteiger charge is -2.12. The number of amides is 1. The van der Waals surface area contributed by atoms with Crippen LogP contribution in [0.15, 0.2) is 39.5 Å². The lowest BCUT2D eigenvalue weighted by Crippen LogP contribution is -2.18. The van der Waals surface area contributed by atoms with Crippen LogP contribution in [0.2, 0.25) is 0 Å². The van der Waals surface area contributed by atoms with Crippen molar-refractivity contribution in [2.75, 3.05) is 5.32 Å². The predicted octanol–water partition coefficient (Wildman–Crippen LogP) is 4.24. The third kappa shape index (κ3) is 3.45. The summed E-state index contributed by atoms with van der Waals surface area (Å²) in [6, 6.07) is 5.58. The topological polar surface area (TPSA) is 46.9 Å². The molecule has 1 amide bonds. The van der Waals surface area contributed by atoms with Crippen molar-refractivity contribution >= 4 is 43.6 Å². The van der Waals surface area contributed by atoms with Gasteiger partial charge in [-0.15, -0.1) is 0 Å². The Bertz CT molecular complexity index is 608. The zero-order valence-electron chi connectivity index (χ0n) is 10.5. The molecule has 2 heterocycles. The van der Waals surface area contributed by atoms with E-state index in [2.05, 4.69) is 42.2 Å². The SMILES string of the molecule is CC(C)n1cc(Br)cc1C(=O)Nc1cc(Br)ccn1. The van der Waals surface area contributed by atoms with E-state index in [1.807, 2.05) is 30.7 Å². The lowest BCUT2D eigenvalue weighted by atomic mass is 10.3. The molecule has 2 aromatic rings. The average Bonchev–Trinajstić information content (AvgIpc) is 2.71. The van der Waals surface area contributed by atoms with Gasteiger partial charge in [0.15, 0.2) is 0 Å². The van der Waals surface area contributed by atoms with Crippen LogP contribution in [-0.2, 0) is 0 Å². The largest absolute Gasteiger partial charge is 0.340 e. The van der Waals surface area contributed by atoms with Crippen LogP contribution in [0.25, 0.3) is 0 Å². The van der Waals surface area contributed by atoms with Gasteiger partial charge >= 0.3 is 0 Å². The van der Waals surface area contributed by atoms with Gasteiger partial charge in [0.25, 0.3) is 5.91 Å². The number of anilines is 1. The van der Waals surface area contributed by atoms with Gasteiger partial charge < -0.3 is 9.88 Å². The van der Waals surface area contributed by atoms with Crippen LogP contribution in [0.1, 0.15) is 30.4 Å². The van der Waals surface area contributed by atoms with Crippen LogP contribution in [0, 0.1) is 0 Å². The van der Waals surface area contributed by atoms with E-state index in [9.17, 15) is 4.79 Å². The number of hydrogen-bond acceptors (Lipinski definition) is 2. The molecule has 1 N–H and O–H groups in total. The second-order valence-electron chi connectivity index (χ2n) is 4.36. The van der Waals surface area contributed by atoms with E-state index in [0.29, 0.717) is 11.5 Å². The van der Waals surface area contributed by atoms with Crippen molar-refractivity contribution in [3.8, 4) is 0 Å². The number of rotatable bonds is 3. The summed E-state index contributed by atoms with van der Waals surface area (Å²) < 4.78 is 3.67. The molecule has 6 heteroatoms. The van der Waals surface area contributed by atoms with Gasteiger partial charge in [0.05, 0.1) is 0 Å². The van der Waals surface area contributed by atoms with Gasteiger partial charge in [-0.05, 0) is 48.0 Å². The second kappa shape index (κ2) is 5.88. The minimum absolute atomic E-state index is 0.176. The zero-order valence-corrected chi connectivity index (χ0v) is 13.7. The Morgan fingerprint density at radius 2 is 2.05 bits per heavy atom. The number of aromatic nitrogens is 2. The molecular weight excluding hydrogens is 374 g/mol. The van der Waals surface area contributed by atoms with Crippen LogP contribution >= 0.6 is 31.9 Å². The molecule has 0 unspecified atom stereocenters. The normalized spacial score (nSPS) is 10.8. The highest BCUT2D eigenvalue weighted by molar-refractivity contribution is 9.10. The molecule has 0 aliphatic carbocycles. The number of nitrogens with zero attached hydrogens (tertiary/aromatic N) is 2. The van der Waals surface area contributed by atoms with Crippen LogP contribution < -0.4 is 5.32 Å². The van der Waals surface area contributed by atoms with Gasteiger partial charge in [-0.1, -0.05) is 15.9 Å². The smallest absolute Gasteiger partial charge is 0.273 e. The monoisotopic (exact) mass is 385 g/mol. The molecule has 0 saturated carbocycles. The van der Waals surface area contributed by atoms with Crippen molar-refractivity contribution in [3.05, 3.63) is 45.2 Å². The fourth-order valence-electron chi connectivity index (χ4n) is 1.71. The van der Waals surface area contributed by atoms with Crippen molar-refractivity contribution in [2.24, 2.45) is 0 Å². The van der Waals surface area contributed by atoms with Gasteiger partial charge in [0, 0.05) is 27.4 Å². The van der Waals surface area contributed by atoms with Gasteiger partial charge in [-0.3, -0.25) is 4.79 Å². The average molecular weight is 387 g/mol. The fourth-order valence-corrected chi connectivity index (χ4v) is 2.48. The molecule has 2 rings (SSSR count). The molecular formula is C13H13Br2N3O. The first-order valence-electron chi connectivity index (χ1n) is 5.77. The highest BCUT2D eigenvalue weighted by atomic mass is 79.9. The van der Waals surface area contributed by atoms with Crippen molar-refractivity contribution < 1.29 is 4.79 Å². The number of carbonyl (C=O) groups is 1. The van der Waals surface area contributed by atoms with Crippen LogP contribution in [0.4, 0.5) is 5.82 Å². The molecule has 0 atom stereocenters. The molecule has 2 aromatic heterocycles. The van der Waals surface area contributed by atoms with E-state index in [1.54, 1.807) is 18.3 Å². The Morgan fingerprint density at radius 3 is 2.68 bits per heavy atom. The summed E-state index contributed by atoms with van der Waals surface area (Å²) in [5.41, 5.74) is 0.601. The highest BCUT2D eigenvalue weighted by Gasteiger charge is 2.15. The highest BCUT2D eigenvalue weighted by Crippen LogP contribution is 2.21. The summed E-state index contributed by atoms with van der Waals surface area (Å²) in [5.74, 6) is 0.344. The Kier molecular flexibility index (Phi) is 4.42. The minimum atomic E-state index is -0.176. The van der Waals surface area contributed by atoms with Crippen LogP contribution in [-0.4, -0.2) is 15.5 Å². The Hall–Kier alpha value is -1.14. The molecule has 4 nitrogen and oxygen atoms in total. The van der Waals surface area contributed by atoms with Gasteiger partial charge in [-0.25, -0.2) is 4.98 Å². The quantitative estimate of drug-likeness (QED) is 0.857. The van der Waals surface area contributed by atoms with E-state index >= 15 is 0 Å². The Labute approximate surface area is 128 Å². The number of hydrogen-bond donors (Lipinski definition) is 1. The molecule has 0 aromatic carbocycles. The summed E-state index contributed by atoms with van der Waals surface area (Å²) in [7, 11) is 0. The van der Waals surface area contributed by atoms with Crippen molar-refractivity contribution in [1.82, 2.24) is 9.55 Å². The molecule has 19 heavy (non-hydrogen) atoms. The molecule has 100 valence electrons. The fraction of sp³-hybridized carbons (Fsp3) is 0.231. The molecule has 0 fully saturated rings. The summed E-state index contributed by atoms with van der Waals surface area (Å²) in [5, 5.41) is 2.79. The first-order valence-corrected chi connectivity index (χ1v) is 7.36. The number of halogens is 2. The van der Waals surface area contributed by atoms with Gasteiger partial charge in [-0.2, -0.15) is 0 Å². The standard InChI is InChI=1S/C13H13Br2N3O/c1-8(2)18-7-10(15)5-11(18)13(19)17-12-6-9(14)3-4-16-12/h3-8H,1-2H3,(H,16,17,19). The van der Waals surface area contributed by atoms with E-state index < -0.39 is 0 Å². The summed E-state index contributed by atoms with van der Waals surface area (Å²) >= 11 is 6.74. The molecule has 0 saturated heterocycles. The number of pyridine rings is 1.